The zero-order valence-corrected chi connectivity index (χ0v) is 21.6. The van der Waals surface area contributed by atoms with E-state index in [9.17, 15) is 14.7 Å². The van der Waals surface area contributed by atoms with Gasteiger partial charge in [-0.3, -0.25) is 4.79 Å². The highest BCUT2D eigenvalue weighted by Gasteiger charge is 2.29. The second-order valence-corrected chi connectivity index (χ2v) is 9.48. The van der Waals surface area contributed by atoms with Gasteiger partial charge in [0.15, 0.2) is 5.60 Å². The number of hydrogen-bond acceptors (Lipinski definition) is 4. The lowest BCUT2D eigenvalue weighted by molar-refractivity contribution is -0.152. The van der Waals surface area contributed by atoms with Crippen LogP contribution in [0.4, 0.5) is 0 Å². The van der Waals surface area contributed by atoms with E-state index in [-0.39, 0.29) is 5.91 Å². The van der Waals surface area contributed by atoms with Gasteiger partial charge in [0.25, 0.3) is 5.91 Å². The maximum absolute atomic E-state index is 12.5. The van der Waals surface area contributed by atoms with E-state index in [0.29, 0.717) is 50.7 Å². The first-order valence-corrected chi connectivity index (χ1v) is 11.8. The maximum Gasteiger partial charge on any atom is 0.347 e. The molecule has 0 saturated carbocycles. The standard InChI is InChI=1S/C26H24Cl3NO5/c1-26(2,25(32)33)35-18-7-4-16(5-8-18)23-20(28)12-15(13-21(23)29)10-11-30-24(31)19-14-17(27)6-9-22(19)34-3/h4-9,12-14H,10-11H2,1-3H3,(H,30,31)(H,32,33). The number of carbonyl (C=O) groups excluding carboxylic acids is 1. The third kappa shape index (κ3) is 6.60. The van der Waals surface area contributed by atoms with Crippen LogP contribution in [0.25, 0.3) is 11.1 Å². The molecule has 0 aromatic heterocycles. The van der Waals surface area contributed by atoms with Crippen molar-refractivity contribution in [2.24, 2.45) is 0 Å². The molecule has 0 saturated heterocycles. The molecule has 0 bridgehead atoms. The number of aliphatic carboxylic acids is 1. The molecule has 0 unspecified atom stereocenters. The summed E-state index contributed by atoms with van der Waals surface area (Å²) in [6.07, 6.45) is 0.505. The van der Waals surface area contributed by atoms with Gasteiger partial charge in [0.05, 0.1) is 22.7 Å². The number of hydrogen-bond donors (Lipinski definition) is 2. The minimum atomic E-state index is -1.36. The van der Waals surface area contributed by atoms with Gasteiger partial charge in [0, 0.05) is 17.1 Å². The molecule has 0 spiro atoms. The first kappa shape index (κ1) is 26.7. The van der Waals surface area contributed by atoms with Crippen LogP contribution in [-0.2, 0) is 11.2 Å². The van der Waals surface area contributed by atoms with Crippen LogP contribution in [0.15, 0.2) is 54.6 Å². The van der Waals surface area contributed by atoms with Gasteiger partial charge in [-0.25, -0.2) is 4.79 Å². The predicted molar refractivity (Wildman–Crippen MR) is 138 cm³/mol. The topological polar surface area (TPSA) is 84.9 Å². The Morgan fingerprint density at radius 1 is 0.971 bits per heavy atom. The molecule has 0 aliphatic carbocycles. The Balaban J connectivity index is 1.69. The summed E-state index contributed by atoms with van der Waals surface area (Å²) in [4.78, 5) is 23.8. The van der Waals surface area contributed by atoms with E-state index >= 15 is 0 Å². The fraction of sp³-hybridized carbons (Fsp3) is 0.231. The molecule has 35 heavy (non-hydrogen) atoms. The second kappa shape index (κ2) is 11.2. The zero-order valence-electron chi connectivity index (χ0n) is 19.3. The number of amides is 1. The fourth-order valence-corrected chi connectivity index (χ4v) is 4.27. The maximum atomic E-state index is 12.5. The molecule has 0 atom stereocenters. The van der Waals surface area contributed by atoms with E-state index in [0.717, 1.165) is 11.1 Å². The molecule has 9 heteroatoms. The number of carbonyl (C=O) groups is 2. The van der Waals surface area contributed by atoms with Crippen LogP contribution in [0.2, 0.25) is 15.1 Å². The molecule has 0 radical (unpaired) electrons. The van der Waals surface area contributed by atoms with Gasteiger partial charge in [-0.2, -0.15) is 0 Å². The predicted octanol–water partition coefficient (Wildman–Crippen LogP) is 6.54. The van der Waals surface area contributed by atoms with Gasteiger partial charge in [0.1, 0.15) is 11.5 Å². The largest absolute Gasteiger partial charge is 0.496 e. The van der Waals surface area contributed by atoms with Crippen LogP contribution in [0.3, 0.4) is 0 Å². The van der Waals surface area contributed by atoms with Crippen molar-refractivity contribution in [2.45, 2.75) is 25.9 Å². The van der Waals surface area contributed by atoms with Crippen LogP contribution in [0, 0.1) is 0 Å². The molecule has 6 nitrogen and oxygen atoms in total. The minimum absolute atomic E-state index is 0.299. The van der Waals surface area contributed by atoms with Crippen LogP contribution in [0.5, 0.6) is 11.5 Å². The van der Waals surface area contributed by atoms with Crippen LogP contribution in [-0.4, -0.2) is 36.2 Å². The van der Waals surface area contributed by atoms with Crippen LogP contribution < -0.4 is 14.8 Å². The van der Waals surface area contributed by atoms with Gasteiger partial charge in [-0.05, 0) is 73.9 Å². The number of methoxy groups -OCH3 is 1. The summed E-state index contributed by atoms with van der Waals surface area (Å²) < 4.78 is 10.8. The smallest absolute Gasteiger partial charge is 0.347 e. The van der Waals surface area contributed by atoms with Crippen molar-refractivity contribution in [3.8, 4) is 22.6 Å². The number of benzene rings is 3. The van der Waals surface area contributed by atoms with Crippen molar-refractivity contribution in [3.63, 3.8) is 0 Å². The Morgan fingerprint density at radius 3 is 2.17 bits per heavy atom. The van der Waals surface area contributed by atoms with Crippen molar-refractivity contribution in [1.29, 1.82) is 0 Å². The van der Waals surface area contributed by atoms with Crippen LogP contribution >= 0.6 is 34.8 Å². The number of ether oxygens (including phenoxy) is 2. The van der Waals surface area contributed by atoms with E-state index in [1.165, 1.54) is 21.0 Å². The molecular weight excluding hydrogens is 513 g/mol. The van der Waals surface area contributed by atoms with Crippen LogP contribution in [0.1, 0.15) is 29.8 Å². The van der Waals surface area contributed by atoms with Gasteiger partial charge in [-0.15, -0.1) is 0 Å². The highest BCUT2D eigenvalue weighted by atomic mass is 35.5. The number of rotatable bonds is 9. The highest BCUT2D eigenvalue weighted by molar-refractivity contribution is 6.39. The molecule has 3 aromatic rings. The highest BCUT2D eigenvalue weighted by Crippen LogP contribution is 2.37. The average Bonchev–Trinajstić information content (AvgIpc) is 2.79. The lowest BCUT2D eigenvalue weighted by atomic mass is 10.0. The quantitative estimate of drug-likeness (QED) is 0.324. The summed E-state index contributed by atoms with van der Waals surface area (Å²) in [7, 11) is 1.49. The van der Waals surface area contributed by atoms with Crippen molar-refractivity contribution in [1.82, 2.24) is 5.32 Å². The fourth-order valence-electron chi connectivity index (χ4n) is 3.35. The zero-order chi connectivity index (χ0) is 25.8. The lowest BCUT2D eigenvalue weighted by Gasteiger charge is -2.21. The number of nitrogens with one attached hydrogen (secondary N) is 1. The third-order valence-electron chi connectivity index (χ3n) is 5.24. The molecule has 0 heterocycles. The third-order valence-corrected chi connectivity index (χ3v) is 6.07. The summed E-state index contributed by atoms with van der Waals surface area (Å²) in [6, 6.07) is 15.3. The molecule has 0 aliphatic heterocycles. The molecule has 3 rings (SSSR count). The Kier molecular flexibility index (Phi) is 8.54. The van der Waals surface area contributed by atoms with Crippen molar-refractivity contribution in [2.75, 3.05) is 13.7 Å². The molecule has 0 aliphatic rings. The Bertz CT molecular complexity index is 1220. The normalized spacial score (nSPS) is 11.1. The molecule has 184 valence electrons. The van der Waals surface area contributed by atoms with E-state index < -0.39 is 11.6 Å². The number of halogens is 3. The van der Waals surface area contributed by atoms with Gasteiger partial charge >= 0.3 is 5.97 Å². The molecule has 2 N–H and O–H groups in total. The van der Waals surface area contributed by atoms with E-state index in [1.807, 2.05) is 0 Å². The Labute approximate surface area is 218 Å². The van der Waals surface area contributed by atoms with Gasteiger partial charge in [0.2, 0.25) is 0 Å². The average molecular weight is 537 g/mol. The first-order valence-electron chi connectivity index (χ1n) is 10.6. The summed E-state index contributed by atoms with van der Waals surface area (Å²) in [5.41, 5.74) is 1.25. The van der Waals surface area contributed by atoms with E-state index in [4.69, 9.17) is 44.3 Å². The van der Waals surface area contributed by atoms with E-state index in [1.54, 1.807) is 54.6 Å². The monoisotopic (exact) mass is 535 g/mol. The van der Waals surface area contributed by atoms with Crippen molar-refractivity contribution >= 4 is 46.7 Å². The molecular formula is C26H24Cl3NO5. The van der Waals surface area contributed by atoms with Crippen molar-refractivity contribution in [3.05, 3.63) is 80.8 Å². The molecule has 1 amide bonds. The Hall–Kier alpha value is -2.93. The van der Waals surface area contributed by atoms with Gasteiger partial charge < -0.3 is 19.9 Å². The van der Waals surface area contributed by atoms with Crippen molar-refractivity contribution < 1.29 is 24.2 Å². The SMILES string of the molecule is COc1ccc(Cl)cc1C(=O)NCCc1cc(Cl)c(-c2ccc(OC(C)(C)C(=O)O)cc2)c(Cl)c1. The lowest BCUT2D eigenvalue weighted by Crippen LogP contribution is -2.37. The van der Waals surface area contributed by atoms with E-state index in [2.05, 4.69) is 5.32 Å². The number of carboxylic acid groups (broad SMARTS) is 1. The second-order valence-electron chi connectivity index (χ2n) is 8.23. The molecule has 3 aromatic carbocycles. The summed E-state index contributed by atoms with van der Waals surface area (Å²) >= 11 is 19.1. The summed E-state index contributed by atoms with van der Waals surface area (Å²) in [6.45, 7) is 3.30. The van der Waals surface area contributed by atoms with Gasteiger partial charge in [-0.1, -0.05) is 46.9 Å². The summed E-state index contributed by atoms with van der Waals surface area (Å²) in [5.74, 6) is -0.514. The number of carboxylic acids is 1. The molecule has 0 fully saturated rings. The Morgan fingerprint density at radius 2 is 1.60 bits per heavy atom. The summed E-state index contributed by atoms with van der Waals surface area (Å²) in [5, 5.41) is 13.4. The first-order chi connectivity index (χ1) is 16.5. The minimum Gasteiger partial charge on any atom is -0.496 e.